The van der Waals surface area contributed by atoms with Gasteiger partial charge in [0.25, 0.3) is 11.5 Å². The Hall–Kier alpha value is -2.86. The van der Waals surface area contributed by atoms with Crippen LogP contribution in [0.4, 0.5) is 0 Å². The molecule has 1 N–H and O–H groups in total. The van der Waals surface area contributed by atoms with Crippen molar-refractivity contribution in [1.29, 1.82) is 0 Å². The number of hydrogen-bond donors (Lipinski definition) is 1. The molecule has 0 saturated carbocycles. The monoisotopic (exact) mass is 378 g/mol. The van der Waals surface area contributed by atoms with E-state index in [2.05, 4.69) is 22.3 Å². The molecule has 3 aromatic rings. The number of benzene rings is 1. The fourth-order valence-electron chi connectivity index (χ4n) is 4.28. The van der Waals surface area contributed by atoms with Gasteiger partial charge in [0.2, 0.25) is 0 Å². The second-order valence-corrected chi connectivity index (χ2v) is 7.79. The first-order valence-electron chi connectivity index (χ1n) is 9.66. The number of carbonyl (C=O) groups excluding carboxylic acids is 1. The van der Waals surface area contributed by atoms with Crippen LogP contribution in [0, 0.1) is 6.92 Å². The number of fused-ring (bicyclic) bond motifs is 1. The molecular formula is C22H26N4O2. The molecule has 3 heterocycles. The van der Waals surface area contributed by atoms with Crippen molar-refractivity contribution in [3.8, 4) is 0 Å². The van der Waals surface area contributed by atoms with Gasteiger partial charge in [-0.25, -0.2) is 0 Å². The van der Waals surface area contributed by atoms with E-state index in [1.807, 2.05) is 42.9 Å². The predicted molar refractivity (Wildman–Crippen MR) is 110 cm³/mol. The molecule has 0 radical (unpaired) electrons. The molecule has 146 valence electrons. The lowest BCUT2D eigenvalue weighted by Gasteiger charge is -2.16. The molecule has 4 rings (SSSR count). The molecule has 6 nitrogen and oxygen atoms in total. The molecule has 1 amide bonds. The highest BCUT2D eigenvalue weighted by Crippen LogP contribution is 2.21. The summed E-state index contributed by atoms with van der Waals surface area (Å²) in [5, 5.41) is 3.64. The van der Waals surface area contributed by atoms with Crippen molar-refractivity contribution >= 4 is 16.8 Å². The van der Waals surface area contributed by atoms with Gasteiger partial charge in [0.1, 0.15) is 0 Å². The van der Waals surface area contributed by atoms with Crippen molar-refractivity contribution in [2.75, 3.05) is 13.1 Å². The van der Waals surface area contributed by atoms with Crippen LogP contribution in [0.3, 0.4) is 0 Å². The van der Waals surface area contributed by atoms with Crippen molar-refractivity contribution in [2.24, 2.45) is 14.1 Å². The molecule has 0 spiro atoms. The van der Waals surface area contributed by atoms with E-state index in [0.717, 1.165) is 37.1 Å². The van der Waals surface area contributed by atoms with Crippen molar-refractivity contribution in [1.82, 2.24) is 19.4 Å². The second kappa shape index (κ2) is 7.28. The zero-order chi connectivity index (χ0) is 19.8. The number of nitrogens with zero attached hydrogens (tertiary/aromatic N) is 3. The van der Waals surface area contributed by atoms with Gasteiger partial charge in [-0.1, -0.05) is 30.3 Å². The fourth-order valence-corrected chi connectivity index (χ4v) is 4.28. The zero-order valence-corrected chi connectivity index (χ0v) is 16.6. The maximum atomic E-state index is 13.0. The zero-order valence-electron chi connectivity index (χ0n) is 16.6. The summed E-state index contributed by atoms with van der Waals surface area (Å²) >= 11 is 0. The minimum atomic E-state index is -0.167. The number of hydrogen-bond acceptors (Lipinski definition) is 3. The largest absolute Gasteiger partial charge is 0.349 e. The minimum Gasteiger partial charge on any atom is -0.349 e. The number of pyridine rings is 1. The van der Waals surface area contributed by atoms with Crippen LogP contribution in [0.25, 0.3) is 10.9 Å². The first-order chi connectivity index (χ1) is 13.4. The molecule has 0 aliphatic carbocycles. The van der Waals surface area contributed by atoms with E-state index in [1.165, 1.54) is 5.56 Å². The van der Waals surface area contributed by atoms with E-state index in [-0.39, 0.29) is 17.5 Å². The maximum Gasteiger partial charge on any atom is 0.260 e. The van der Waals surface area contributed by atoms with Gasteiger partial charge in [0, 0.05) is 52.2 Å². The third-order valence-electron chi connectivity index (χ3n) is 5.58. The average Bonchev–Trinajstić information content (AvgIpc) is 3.25. The van der Waals surface area contributed by atoms with Crippen LogP contribution >= 0.6 is 0 Å². The maximum absolute atomic E-state index is 13.0. The Balaban J connectivity index is 1.51. The number of aromatic nitrogens is 2. The van der Waals surface area contributed by atoms with Crippen LogP contribution in [0.1, 0.15) is 27.9 Å². The summed E-state index contributed by atoms with van der Waals surface area (Å²) in [6.45, 7) is 4.63. The summed E-state index contributed by atoms with van der Waals surface area (Å²) in [4.78, 5) is 28.0. The van der Waals surface area contributed by atoms with E-state index < -0.39 is 0 Å². The van der Waals surface area contributed by atoms with Gasteiger partial charge in [0.15, 0.2) is 0 Å². The highest BCUT2D eigenvalue weighted by Gasteiger charge is 2.26. The SMILES string of the molecule is Cc1cn(C)c(=O)c2c(C(=O)NC3CCN(Cc4ccccc4)C3)cn(C)c12. The number of nitrogens with one attached hydrogen (secondary N) is 1. The van der Waals surface area contributed by atoms with E-state index in [9.17, 15) is 9.59 Å². The molecular weight excluding hydrogens is 352 g/mol. The smallest absolute Gasteiger partial charge is 0.260 e. The number of likely N-dealkylation sites (tertiary alicyclic amines) is 1. The van der Waals surface area contributed by atoms with Gasteiger partial charge in [-0.3, -0.25) is 14.5 Å². The van der Waals surface area contributed by atoms with Crippen LogP contribution in [0.5, 0.6) is 0 Å². The summed E-state index contributed by atoms with van der Waals surface area (Å²) < 4.78 is 3.42. The Labute approximate surface area is 164 Å². The van der Waals surface area contributed by atoms with Gasteiger partial charge in [0.05, 0.1) is 16.5 Å². The molecule has 1 unspecified atom stereocenters. The third-order valence-corrected chi connectivity index (χ3v) is 5.58. The molecule has 2 aromatic heterocycles. The Bertz CT molecular complexity index is 1080. The first kappa shape index (κ1) is 18.5. The molecule has 1 aliphatic rings. The lowest BCUT2D eigenvalue weighted by Crippen LogP contribution is -2.37. The van der Waals surface area contributed by atoms with E-state index in [1.54, 1.807) is 17.8 Å². The Morgan fingerprint density at radius 3 is 2.64 bits per heavy atom. The molecule has 1 aliphatic heterocycles. The summed E-state index contributed by atoms with van der Waals surface area (Å²) in [5.74, 6) is -0.167. The van der Waals surface area contributed by atoms with E-state index in [0.29, 0.717) is 10.9 Å². The molecule has 1 fully saturated rings. The summed E-state index contributed by atoms with van der Waals surface area (Å²) in [6, 6.07) is 10.5. The Morgan fingerprint density at radius 1 is 1.14 bits per heavy atom. The molecule has 0 bridgehead atoms. The molecule has 1 atom stereocenters. The van der Waals surface area contributed by atoms with Crippen molar-refractivity contribution in [2.45, 2.75) is 25.9 Å². The fraction of sp³-hybridized carbons (Fsp3) is 0.364. The average molecular weight is 378 g/mol. The quantitative estimate of drug-likeness (QED) is 0.757. The van der Waals surface area contributed by atoms with Crippen LogP contribution in [0.2, 0.25) is 0 Å². The van der Waals surface area contributed by atoms with Crippen LogP contribution in [0.15, 0.2) is 47.5 Å². The Morgan fingerprint density at radius 2 is 1.89 bits per heavy atom. The lowest BCUT2D eigenvalue weighted by atomic mass is 10.1. The highest BCUT2D eigenvalue weighted by atomic mass is 16.2. The predicted octanol–water partition coefficient (Wildman–Crippen LogP) is 2.19. The van der Waals surface area contributed by atoms with Gasteiger partial charge in [-0.2, -0.15) is 0 Å². The van der Waals surface area contributed by atoms with Crippen molar-refractivity contribution in [3.05, 3.63) is 69.8 Å². The minimum absolute atomic E-state index is 0.0973. The molecule has 6 heteroatoms. The van der Waals surface area contributed by atoms with E-state index >= 15 is 0 Å². The number of aryl methyl sites for hydroxylation is 3. The van der Waals surface area contributed by atoms with Crippen molar-refractivity contribution in [3.63, 3.8) is 0 Å². The molecule has 28 heavy (non-hydrogen) atoms. The van der Waals surface area contributed by atoms with Crippen molar-refractivity contribution < 1.29 is 4.79 Å². The highest BCUT2D eigenvalue weighted by molar-refractivity contribution is 6.07. The van der Waals surface area contributed by atoms with Gasteiger partial charge in [-0.15, -0.1) is 0 Å². The van der Waals surface area contributed by atoms with Crippen LogP contribution in [-0.2, 0) is 20.6 Å². The van der Waals surface area contributed by atoms with Gasteiger partial charge < -0.3 is 14.5 Å². The molecule has 1 saturated heterocycles. The summed E-state index contributed by atoms with van der Waals surface area (Å²) in [6.07, 6.45) is 4.50. The lowest BCUT2D eigenvalue weighted by molar-refractivity contribution is 0.0939. The first-order valence-corrected chi connectivity index (χ1v) is 9.66. The van der Waals surface area contributed by atoms with E-state index in [4.69, 9.17) is 0 Å². The van der Waals surface area contributed by atoms with Crippen LogP contribution in [-0.4, -0.2) is 39.1 Å². The number of amides is 1. The number of rotatable bonds is 4. The van der Waals surface area contributed by atoms with Gasteiger partial charge >= 0.3 is 0 Å². The third kappa shape index (κ3) is 3.36. The normalized spacial score (nSPS) is 17.3. The summed E-state index contributed by atoms with van der Waals surface area (Å²) in [7, 11) is 3.60. The number of carbonyl (C=O) groups is 1. The van der Waals surface area contributed by atoms with Gasteiger partial charge in [-0.05, 0) is 24.5 Å². The van der Waals surface area contributed by atoms with Crippen LogP contribution < -0.4 is 10.9 Å². The topological polar surface area (TPSA) is 59.3 Å². The standard InChI is InChI=1S/C22H26N4O2/c1-15-11-25(3)22(28)19-18(14-24(2)20(15)19)21(27)23-17-9-10-26(13-17)12-16-7-5-4-6-8-16/h4-8,11,14,17H,9-10,12-13H2,1-3H3,(H,23,27). The molecule has 1 aromatic carbocycles. The Kier molecular flexibility index (Phi) is 4.81. The summed E-state index contributed by atoms with van der Waals surface area (Å²) in [5.41, 5.74) is 3.41. The second-order valence-electron chi connectivity index (χ2n) is 7.79.